The van der Waals surface area contributed by atoms with Crippen LogP contribution < -0.4 is 5.73 Å². The van der Waals surface area contributed by atoms with Crippen molar-refractivity contribution in [2.24, 2.45) is 0 Å². The minimum atomic E-state index is -0.342. The molecule has 6 heteroatoms. The van der Waals surface area contributed by atoms with Gasteiger partial charge in [0.05, 0.1) is 4.92 Å². The molecule has 0 unspecified atom stereocenters. The second kappa shape index (κ2) is 6.19. The molecular weight excluding hydrogens is 262 g/mol. The summed E-state index contributed by atoms with van der Waals surface area (Å²) in [6.07, 6.45) is 2.35. The molecule has 0 saturated heterocycles. The Morgan fingerprint density at radius 2 is 2.05 bits per heavy atom. The summed E-state index contributed by atoms with van der Waals surface area (Å²) in [4.78, 5) is 15.5. The number of nitro benzene ring substituents is 1. The van der Waals surface area contributed by atoms with Gasteiger partial charge in [-0.3, -0.25) is 10.1 Å². The van der Waals surface area contributed by atoms with Crippen LogP contribution in [0.5, 0.6) is 0 Å². The number of pyridine rings is 1. The Labute approximate surface area is 115 Å². The Hall–Kier alpha value is -2.08. The number of thioether (sulfide) groups is 1. The molecule has 0 aliphatic rings. The van der Waals surface area contributed by atoms with Crippen LogP contribution in [-0.2, 0) is 6.42 Å². The van der Waals surface area contributed by atoms with Crippen LogP contribution in [0.15, 0.2) is 47.5 Å². The molecule has 0 atom stereocenters. The van der Waals surface area contributed by atoms with Crippen LogP contribution in [0.2, 0.25) is 0 Å². The van der Waals surface area contributed by atoms with Crippen LogP contribution in [-0.4, -0.2) is 15.7 Å². The van der Waals surface area contributed by atoms with Gasteiger partial charge in [-0.05, 0) is 18.6 Å². The molecule has 98 valence electrons. The molecule has 0 spiro atoms. The van der Waals surface area contributed by atoms with Crippen molar-refractivity contribution in [3.05, 3.63) is 58.3 Å². The SMILES string of the molecule is Nc1ccc(SCCc2ccccc2[N+](=O)[O-])cn1. The van der Waals surface area contributed by atoms with Crippen molar-refractivity contribution in [3.8, 4) is 0 Å². The average Bonchev–Trinajstić information content (AvgIpc) is 2.41. The molecule has 0 aliphatic carbocycles. The van der Waals surface area contributed by atoms with E-state index in [1.54, 1.807) is 36.2 Å². The number of nitro groups is 1. The van der Waals surface area contributed by atoms with Crippen molar-refractivity contribution in [1.82, 2.24) is 4.98 Å². The molecule has 1 heterocycles. The van der Waals surface area contributed by atoms with Gasteiger partial charge in [-0.15, -0.1) is 11.8 Å². The zero-order chi connectivity index (χ0) is 13.7. The predicted molar refractivity (Wildman–Crippen MR) is 76.2 cm³/mol. The molecule has 0 amide bonds. The van der Waals surface area contributed by atoms with E-state index < -0.39 is 0 Å². The number of anilines is 1. The first-order valence-corrected chi connectivity index (χ1v) is 6.72. The first-order valence-electron chi connectivity index (χ1n) is 5.73. The van der Waals surface area contributed by atoms with Gasteiger partial charge in [-0.25, -0.2) is 4.98 Å². The molecule has 0 radical (unpaired) electrons. The van der Waals surface area contributed by atoms with Crippen LogP contribution in [0.25, 0.3) is 0 Å². The fraction of sp³-hybridized carbons (Fsp3) is 0.154. The normalized spacial score (nSPS) is 10.3. The summed E-state index contributed by atoms with van der Waals surface area (Å²) in [6, 6.07) is 10.5. The largest absolute Gasteiger partial charge is 0.384 e. The number of rotatable bonds is 5. The van der Waals surface area contributed by atoms with E-state index in [9.17, 15) is 10.1 Å². The van der Waals surface area contributed by atoms with Crippen molar-refractivity contribution in [3.63, 3.8) is 0 Å². The maximum atomic E-state index is 10.9. The van der Waals surface area contributed by atoms with Crippen LogP contribution in [0.1, 0.15) is 5.56 Å². The van der Waals surface area contributed by atoms with E-state index in [0.717, 1.165) is 16.2 Å². The van der Waals surface area contributed by atoms with Gasteiger partial charge < -0.3 is 5.73 Å². The molecule has 2 rings (SSSR count). The predicted octanol–water partition coefficient (Wildman–Crippen LogP) is 2.91. The Morgan fingerprint density at radius 1 is 1.26 bits per heavy atom. The van der Waals surface area contributed by atoms with Crippen LogP contribution in [0.3, 0.4) is 0 Å². The number of benzene rings is 1. The molecule has 1 aromatic carbocycles. The van der Waals surface area contributed by atoms with Gasteiger partial charge in [0.15, 0.2) is 0 Å². The molecule has 2 aromatic rings. The minimum Gasteiger partial charge on any atom is -0.384 e. The molecule has 0 bridgehead atoms. The highest BCUT2D eigenvalue weighted by molar-refractivity contribution is 7.99. The van der Waals surface area contributed by atoms with Gasteiger partial charge in [0.25, 0.3) is 5.69 Å². The summed E-state index contributed by atoms with van der Waals surface area (Å²) in [5.41, 5.74) is 6.44. The fourth-order valence-corrected chi connectivity index (χ4v) is 2.51. The Bertz CT molecular complexity index is 572. The van der Waals surface area contributed by atoms with E-state index in [2.05, 4.69) is 4.98 Å². The maximum Gasteiger partial charge on any atom is 0.272 e. The Balaban J connectivity index is 1.96. The minimum absolute atomic E-state index is 0.179. The van der Waals surface area contributed by atoms with E-state index in [1.807, 2.05) is 12.1 Å². The van der Waals surface area contributed by atoms with Gasteiger partial charge in [0.2, 0.25) is 0 Å². The maximum absolute atomic E-state index is 10.9. The second-order valence-corrected chi connectivity index (χ2v) is 5.07. The van der Waals surface area contributed by atoms with E-state index in [-0.39, 0.29) is 10.6 Å². The number of aromatic nitrogens is 1. The third kappa shape index (κ3) is 3.69. The molecule has 1 aromatic heterocycles. The molecule has 5 nitrogen and oxygen atoms in total. The molecule has 0 aliphatic heterocycles. The highest BCUT2D eigenvalue weighted by atomic mass is 32.2. The number of hydrogen-bond donors (Lipinski definition) is 1. The number of para-hydroxylation sites is 1. The third-order valence-corrected chi connectivity index (χ3v) is 3.57. The summed E-state index contributed by atoms with van der Waals surface area (Å²) in [7, 11) is 0. The first kappa shape index (κ1) is 13.4. The summed E-state index contributed by atoms with van der Waals surface area (Å²) in [5.74, 6) is 1.25. The lowest BCUT2D eigenvalue weighted by Crippen LogP contribution is -1.97. The lowest BCUT2D eigenvalue weighted by molar-refractivity contribution is -0.385. The van der Waals surface area contributed by atoms with E-state index in [0.29, 0.717) is 12.2 Å². The van der Waals surface area contributed by atoms with E-state index >= 15 is 0 Å². The highest BCUT2D eigenvalue weighted by Gasteiger charge is 2.11. The van der Waals surface area contributed by atoms with Crippen molar-refractivity contribution < 1.29 is 4.92 Å². The topological polar surface area (TPSA) is 82.0 Å². The van der Waals surface area contributed by atoms with Crippen molar-refractivity contribution in [2.45, 2.75) is 11.3 Å². The summed E-state index contributed by atoms with van der Waals surface area (Å²) >= 11 is 1.60. The zero-order valence-electron chi connectivity index (χ0n) is 10.2. The standard InChI is InChI=1S/C13H13N3O2S/c14-13-6-5-11(9-15-13)19-8-7-10-3-1-2-4-12(10)16(17)18/h1-6,9H,7-8H2,(H2,14,15). The van der Waals surface area contributed by atoms with Crippen LogP contribution in [0, 0.1) is 10.1 Å². The van der Waals surface area contributed by atoms with Gasteiger partial charge in [-0.2, -0.15) is 0 Å². The highest BCUT2D eigenvalue weighted by Crippen LogP contribution is 2.23. The lowest BCUT2D eigenvalue weighted by atomic mass is 10.1. The molecule has 2 N–H and O–H groups in total. The second-order valence-electron chi connectivity index (χ2n) is 3.90. The number of hydrogen-bond acceptors (Lipinski definition) is 5. The van der Waals surface area contributed by atoms with Crippen LogP contribution in [0.4, 0.5) is 11.5 Å². The van der Waals surface area contributed by atoms with Gasteiger partial charge in [0, 0.05) is 28.5 Å². The Kier molecular flexibility index (Phi) is 4.35. The first-order chi connectivity index (χ1) is 9.16. The van der Waals surface area contributed by atoms with Gasteiger partial charge >= 0.3 is 0 Å². The smallest absolute Gasteiger partial charge is 0.272 e. The number of nitrogens with zero attached hydrogens (tertiary/aromatic N) is 2. The van der Waals surface area contributed by atoms with Crippen molar-refractivity contribution in [1.29, 1.82) is 0 Å². The van der Waals surface area contributed by atoms with E-state index in [1.165, 1.54) is 6.07 Å². The Morgan fingerprint density at radius 3 is 2.74 bits per heavy atom. The lowest BCUT2D eigenvalue weighted by Gasteiger charge is -2.03. The zero-order valence-corrected chi connectivity index (χ0v) is 11.0. The van der Waals surface area contributed by atoms with E-state index in [4.69, 9.17) is 5.73 Å². The third-order valence-electron chi connectivity index (χ3n) is 2.59. The molecule has 0 fully saturated rings. The molecular formula is C13H13N3O2S. The van der Waals surface area contributed by atoms with Crippen LogP contribution >= 0.6 is 11.8 Å². The van der Waals surface area contributed by atoms with Crippen molar-refractivity contribution in [2.75, 3.05) is 11.5 Å². The molecule has 19 heavy (non-hydrogen) atoms. The van der Waals surface area contributed by atoms with Crippen molar-refractivity contribution >= 4 is 23.3 Å². The number of aryl methyl sites for hydroxylation is 1. The van der Waals surface area contributed by atoms with Gasteiger partial charge in [-0.1, -0.05) is 18.2 Å². The number of nitrogens with two attached hydrogens (primary N) is 1. The average molecular weight is 275 g/mol. The summed E-state index contributed by atoms with van der Waals surface area (Å²) < 4.78 is 0. The molecule has 0 saturated carbocycles. The number of nitrogen functional groups attached to an aromatic ring is 1. The summed E-state index contributed by atoms with van der Waals surface area (Å²) in [6.45, 7) is 0. The fourth-order valence-electron chi connectivity index (χ4n) is 1.66. The quantitative estimate of drug-likeness (QED) is 0.515. The monoisotopic (exact) mass is 275 g/mol. The van der Waals surface area contributed by atoms with Gasteiger partial charge in [0.1, 0.15) is 5.82 Å². The summed E-state index contributed by atoms with van der Waals surface area (Å²) in [5, 5.41) is 10.9.